The number of nitrogens with zero attached hydrogens (tertiary/aromatic N) is 5. The highest BCUT2D eigenvalue weighted by molar-refractivity contribution is 5.31. The largest absolute Gasteiger partial charge is 0.313 e. The molecule has 1 aliphatic rings. The van der Waals surface area contributed by atoms with Gasteiger partial charge >= 0.3 is 0 Å². The second kappa shape index (κ2) is 8.15. The zero-order valence-corrected chi connectivity index (χ0v) is 15.3. The third kappa shape index (κ3) is 4.24. The van der Waals surface area contributed by atoms with Crippen molar-refractivity contribution in [3.8, 4) is 6.07 Å². The number of rotatable bonds is 5. The lowest BCUT2D eigenvalue weighted by Gasteiger charge is -2.32. The van der Waals surface area contributed by atoms with Crippen LogP contribution in [-0.2, 0) is 13.1 Å². The summed E-state index contributed by atoms with van der Waals surface area (Å²) in [7, 11) is 0. The van der Waals surface area contributed by atoms with Crippen molar-refractivity contribution in [3.05, 3.63) is 83.4 Å². The maximum absolute atomic E-state index is 8.95. The quantitative estimate of drug-likeness (QED) is 0.700. The summed E-state index contributed by atoms with van der Waals surface area (Å²) in [4.78, 5) is 2.48. The molecule has 0 amide bonds. The van der Waals surface area contributed by atoms with Gasteiger partial charge in [-0.25, -0.2) is 0 Å². The average Bonchev–Trinajstić information content (AvgIpc) is 3.18. The van der Waals surface area contributed by atoms with Crippen molar-refractivity contribution in [1.29, 1.82) is 5.26 Å². The second-order valence-corrected chi connectivity index (χ2v) is 7.19. The van der Waals surface area contributed by atoms with E-state index in [1.165, 1.54) is 17.5 Å². The van der Waals surface area contributed by atoms with Crippen LogP contribution in [0.1, 0.15) is 41.3 Å². The highest BCUT2D eigenvalue weighted by atomic mass is 15.3. The molecule has 27 heavy (non-hydrogen) atoms. The summed E-state index contributed by atoms with van der Waals surface area (Å²) < 4.78 is 2.19. The van der Waals surface area contributed by atoms with E-state index < -0.39 is 0 Å². The van der Waals surface area contributed by atoms with E-state index in [1.807, 2.05) is 24.5 Å². The van der Waals surface area contributed by atoms with Gasteiger partial charge in [-0.3, -0.25) is 4.90 Å². The summed E-state index contributed by atoms with van der Waals surface area (Å²) in [6.07, 6.45) is 4.17. The Hall–Kier alpha value is -2.97. The van der Waals surface area contributed by atoms with Gasteiger partial charge in [-0.05, 0) is 42.6 Å². The van der Waals surface area contributed by atoms with E-state index in [1.54, 1.807) is 0 Å². The van der Waals surface area contributed by atoms with Crippen molar-refractivity contribution in [1.82, 2.24) is 19.7 Å². The number of benzene rings is 2. The average molecular weight is 357 g/mol. The molecular weight excluding hydrogens is 334 g/mol. The zero-order valence-electron chi connectivity index (χ0n) is 15.3. The summed E-state index contributed by atoms with van der Waals surface area (Å²) in [5, 5.41) is 17.6. The third-order valence-corrected chi connectivity index (χ3v) is 5.20. The van der Waals surface area contributed by atoms with Crippen LogP contribution in [0.5, 0.6) is 0 Å². The molecule has 0 N–H and O–H groups in total. The van der Waals surface area contributed by atoms with Crippen LogP contribution in [0.3, 0.4) is 0 Å². The maximum atomic E-state index is 8.95. The molecule has 0 saturated carbocycles. The minimum Gasteiger partial charge on any atom is -0.313 e. The van der Waals surface area contributed by atoms with Crippen molar-refractivity contribution in [2.75, 3.05) is 13.1 Å². The molecule has 4 rings (SSSR count). The van der Waals surface area contributed by atoms with Crippen LogP contribution in [0.15, 0.2) is 60.9 Å². The first kappa shape index (κ1) is 17.4. The van der Waals surface area contributed by atoms with Gasteiger partial charge in [0.2, 0.25) is 0 Å². The highest BCUT2D eigenvalue weighted by Gasteiger charge is 2.25. The van der Waals surface area contributed by atoms with Crippen LogP contribution in [-0.4, -0.2) is 32.8 Å². The number of likely N-dealkylation sites (tertiary alicyclic amines) is 1. The number of nitriles is 1. The smallest absolute Gasteiger partial charge is 0.137 e. The zero-order chi connectivity index (χ0) is 18.5. The fraction of sp³-hybridized carbons (Fsp3) is 0.318. The Morgan fingerprint density at radius 3 is 2.56 bits per heavy atom. The molecule has 1 aliphatic heterocycles. The van der Waals surface area contributed by atoms with E-state index in [-0.39, 0.29) is 0 Å². The molecule has 2 heterocycles. The van der Waals surface area contributed by atoms with E-state index in [9.17, 15) is 0 Å². The Morgan fingerprint density at radius 2 is 1.78 bits per heavy atom. The van der Waals surface area contributed by atoms with E-state index in [2.05, 4.69) is 62.1 Å². The van der Waals surface area contributed by atoms with Crippen LogP contribution in [0.2, 0.25) is 0 Å². The number of hydrogen-bond donors (Lipinski definition) is 0. The second-order valence-electron chi connectivity index (χ2n) is 7.19. The van der Waals surface area contributed by atoms with Crippen molar-refractivity contribution in [2.24, 2.45) is 0 Å². The number of hydrogen-bond acceptors (Lipinski definition) is 4. The molecule has 0 radical (unpaired) electrons. The standard InChI is InChI=1S/C22H23N5/c23-13-18-8-10-20(11-9-18)14-26-12-4-7-21(16-26)22-25-24-17-27(22)15-19-5-2-1-3-6-19/h1-3,5-6,8-11,17,21H,4,7,12,14-16H2/t21-/m1/s1. The Morgan fingerprint density at radius 1 is 1.00 bits per heavy atom. The molecule has 0 bridgehead atoms. The Balaban J connectivity index is 1.44. The Labute approximate surface area is 159 Å². The van der Waals surface area contributed by atoms with Crippen LogP contribution in [0, 0.1) is 11.3 Å². The predicted octanol–water partition coefficient (Wildman–Crippen LogP) is 3.58. The summed E-state index contributed by atoms with van der Waals surface area (Å²) >= 11 is 0. The maximum Gasteiger partial charge on any atom is 0.137 e. The predicted molar refractivity (Wildman–Crippen MR) is 104 cm³/mol. The minimum atomic E-state index is 0.406. The van der Waals surface area contributed by atoms with Crippen molar-refractivity contribution < 1.29 is 0 Å². The molecule has 0 unspecified atom stereocenters. The highest BCUT2D eigenvalue weighted by Crippen LogP contribution is 2.27. The SMILES string of the molecule is N#Cc1ccc(CN2CCC[C@@H](c3nncn3Cc3ccccc3)C2)cc1. The van der Waals surface area contributed by atoms with Gasteiger partial charge in [-0.1, -0.05) is 42.5 Å². The summed E-state index contributed by atoms with van der Waals surface area (Å²) in [6, 6.07) is 20.5. The van der Waals surface area contributed by atoms with Crippen LogP contribution >= 0.6 is 0 Å². The van der Waals surface area contributed by atoms with Gasteiger partial charge in [0.25, 0.3) is 0 Å². The first-order chi connectivity index (χ1) is 13.3. The molecule has 1 aromatic heterocycles. The fourth-order valence-corrected chi connectivity index (χ4v) is 3.83. The molecule has 1 fully saturated rings. The van der Waals surface area contributed by atoms with Crippen molar-refractivity contribution in [3.63, 3.8) is 0 Å². The first-order valence-electron chi connectivity index (χ1n) is 9.45. The number of aromatic nitrogens is 3. The van der Waals surface area contributed by atoms with E-state index in [0.29, 0.717) is 11.5 Å². The Bertz CT molecular complexity index is 908. The molecule has 5 nitrogen and oxygen atoms in total. The molecule has 136 valence electrons. The van der Waals surface area contributed by atoms with Gasteiger partial charge in [0, 0.05) is 19.0 Å². The molecular formula is C22H23N5. The summed E-state index contributed by atoms with van der Waals surface area (Å²) in [6.45, 7) is 3.82. The van der Waals surface area contributed by atoms with Crippen molar-refractivity contribution >= 4 is 0 Å². The molecule has 0 aliphatic carbocycles. The lowest BCUT2D eigenvalue weighted by molar-refractivity contribution is 0.194. The van der Waals surface area contributed by atoms with E-state index >= 15 is 0 Å². The van der Waals surface area contributed by atoms with Crippen LogP contribution < -0.4 is 0 Å². The lowest BCUT2D eigenvalue weighted by Crippen LogP contribution is -2.35. The molecule has 0 spiro atoms. The van der Waals surface area contributed by atoms with Crippen LogP contribution in [0.4, 0.5) is 0 Å². The summed E-state index contributed by atoms with van der Waals surface area (Å²) in [5.41, 5.74) is 3.23. The topological polar surface area (TPSA) is 57.7 Å². The van der Waals surface area contributed by atoms with E-state index in [0.717, 1.165) is 38.4 Å². The van der Waals surface area contributed by atoms with Crippen LogP contribution in [0.25, 0.3) is 0 Å². The third-order valence-electron chi connectivity index (χ3n) is 5.20. The van der Waals surface area contributed by atoms with E-state index in [4.69, 9.17) is 5.26 Å². The molecule has 3 aromatic rings. The van der Waals surface area contributed by atoms with Gasteiger partial charge in [0.15, 0.2) is 0 Å². The van der Waals surface area contributed by atoms with Gasteiger partial charge in [-0.15, -0.1) is 10.2 Å². The monoisotopic (exact) mass is 357 g/mol. The number of piperidine rings is 1. The molecule has 1 saturated heterocycles. The van der Waals surface area contributed by atoms with Gasteiger partial charge in [0.05, 0.1) is 18.2 Å². The first-order valence-corrected chi connectivity index (χ1v) is 9.45. The lowest BCUT2D eigenvalue weighted by atomic mass is 9.96. The normalized spacial score (nSPS) is 17.5. The molecule has 1 atom stereocenters. The van der Waals surface area contributed by atoms with Gasteiger partial charge in [-0.2, -0.15) is 5.26 Å². The van der Waals surface area contributed by atoms with Gasteiger partial charge < -0.3 is 4.57 Å². The molecule has 5 heteroatoms. The Kier molecular flexibility index (Phi) is 5.27. The van der Waals surface area contributed by atoms with Gasteiger partial charge in [0.1, 0.15) is 12.2 Å². The van der Waals surface area contributed by atoms with Crippen molar-refractivity contribution in [2.45, 2.75) is 31.8 Å². The summed E-state index contributed by atoms with van der Waals surface area (Å²) in [5.74, 6) is 1.49. The minimum absolute atomic E-state index is 0.406. The fourth-order valence-electron chi connectivity index (χ4n) is 3.83. The molecule has 2 aromatic carbocycles.